The molecule has 24 heavy (non-hydrogen) atoms. The van der Waals surface area contributed by atoms with Gasteiger partial charge in [-0.05, 0) is 42.9 Å². The second kappa shape index (κ2) is 7.88. The van der Waals surface area contributed by atoms with Crippen LogP contribution in [-0.2, 0) is 5.41 Å². The molecule has 2 rings (SSSR count). The number of aromatic hydroxyl groups is 1. The maximum Gasteiger partial charge on any atom is 0.123 e. The van der Waals surface area contributed by atoms with Gasteiger partial charge in [0.1, 0.15) is 5.75 Å². The molecule has 0 saturated heterocycles. The highest BCUT2D eigenvalue weighted by atomic mass is 16.3. The van der Waals surface area contributed by atoms with Crippen LogP contribution in [0.5, 0.6) is 5.75 Å². The lowest BCUT2D eigenvalue weighted by Gasteiger charge is -2.26. The predicted molar refractivity (Wildman–Crippen MR) is 105 cm³/mol. The summed E-state index contributed by atoms with van der Waals surface area (Å²) in [5.74, 6) is 0.388. The van der Waals surface area contributed by atoms with Crippen molar-refractivity contribution in [2.45, 2.75) is 72.1 Å². The normalized spacial score (nSPS) is 11.7. The quantitative estimate of drug-likeness (QED) is 0.548. The lowest BCUT2D eigenvalue weighted by Crippen LogP contribution is -2.16. The Morgan fingerprint density at radius 3 is 2.12 bits per heavy atom. The predicted octanol–water partition coefficient (Wildman–Crippen LogP) is 6.92. The van der Waals surface area contributed by atoms with Crippen molar-refractivity contribution in [3.05, 3.63) is 53.1 Å². The molecule has 2 aromatic carbocycles. The Morgan fingerprint density at radius 1 is 0.875 bits per heavy atom. The maximum atomic E-state index is 10.6. The Bertz CT molecular complexity index is 662. The minimum Gasteiger partial charge on any atom is -0.507 e. The fourth-order valence-electron chi connectivity index (χ4n) is 3.46. The molecule has 0 fully saturated rings. The van der Waals surface area contributed by atoms with Gasteiger partial charge in [-0.15, -0.1) is 0 Å². The van der Waals surface area contributed by atoms with E-state index in [2.05, 4.69) is 65.0 Å². The van der Waals surface area contributed by atoms with Crippen LogP contribution in [0.3, 0.4) is 0 Å². The van der Waals surface area contributed by atoms with Gasteiger partial charge in [0.05, 0.1) is 0 Å². The van der Waals surface area contributed by atoms with E-state index in [9.17, 15) is 5.11 Å². The van der Waals surface area contributed by atoms with Gasteiger partial charge in [0, 0.05) is 5.56 Å². The van der Waals surface area contributed by atoms with E-state index in [1.165, 1.54) is 42.4 Å². The average molecular weight is 325 g/mol. The van der Waals surface area contributed by atoms with E-state index in [0.29, 0.717) is 5.75 Å². The highest BCUT2D eigenvalue weighted by Crippen LogP contribution is 2.36. The summed E-state index contributed by atoms with van der Waals surface area (Å²) >= 11 is 0. The van der Waals surface area contributed by atoms with Gasteiger partial charge in [0.2, 0.25) is 0 Å². The number of benzene rings is 2. The zero-order valence-corrected chi connectivity index (χ0v) is 15.9. The highest BCUT2D eigenvalue weighted by molar-refractivity contribution is 5.72. The molecule has 1 nitrogen and oxygen atoms in total. The van der Waals surface area contributed by atoms with Crippen molar-refractivity contribution < 1.29 is 5.11 Å². The van der Waals surface area contributed by atoms with Crippen molar-refractivity contribution in [2.75, 3.05) is 0 Å². The first-order valence-corrected chi connectivity index (χ1v) is 9.25. The Kier molecular flexibility index (Phi) is 6.10. The van der Waals surface area contributed by atoms with Gasteiger partial charge in [-0.2, -0.15) is 0 Å². The molecule has 0 atom stereocenters. The van der Waals surface area contributed by atoms with Crippen molar-refractivity contribution in [3.8, 4) is 16.9 Å². The van der Waals surface area contributed by atoms with E-state index < -0.39 is 0 Å². The van der Waals surface area contributed by atoms with Crippen LogP contribution in [0.25, 0.3) is 11.1 Å². The second-order valence-corrected chi connectivity index (χ2v) is 7.80. The molecule has 2 aromatic rings. The molecule has 1 heteroatoms. The zero-order chi connectivity index (χ0) is 17.7. The van der Waals surface area contributed by atoms with Crippen molar-refractivity contribution in [2.24, 2.45) is 0 Å². The lowest BCUT2D eigenvalue weighted by molar-refractivity contribution is 0.438. The third-order valence-electron chi connectivity index (χ3n) is 4.97. The van der Waals surface area contributed by atoms with E-state index in [1.54, 1.807) is 0 Å². The molecule has 0 aliphatic carbocycles. The number of hydrogen-bond acceptors (Lipinski definition) is 1. The topological polar surface area (TPSA) is 20.2 Å². The minimum atomic E-state index is 0.103. The molecule has 0 amide bonds. The van der Waals surface area contributed by atoms with Crippen LogP contribution in [-0.4, -0.2) is 5.11 Å². The Morgan fingerprint density at radius 2 is 1.54 bits per heavy atom. The summed E-state index contributed by atoms with van der Waals surface area (Å²) in [5, 5.41) is 10.6. The van der Waals surface area contributed by atoms with Crippen LogP contribution < -0.4 is 0 Å². The Balaban J connectivity index is 2.22. The number of aryl methyl sites for hydroxylation is 2. The molecular formula is C23H32O. The van der Waals surface area contributed by atoms with E-state index in [4.69, 9.17) is 0 Å². The molecule has 0 bridgehead atoms. The molecule has 130 valence electrons. The largest absolute Gasteiger partial charge is 0.507 e. The van der Waals surface area contributed by atoms with Crippen molar-refractivity contribution >= 4 is 0 Å². The first kappa shape index (κ1) is 18.6. The zero-order valence-electron chi connectivity index (χ0n) is 15.9. The number of rotatable bonds is 7. The summed E-state index contributed by atoms with van der Waals surface area (Å²) < 4.78 is 0. The Labute approximate surface area is 147 Å². The fraction of sp³-hybridized carbons (Fsp3) is 0.478. The smallest absolute Gasteiger partial charge is 0.123 e. The minimum absolute atomic E-state index is 0.103. The summed E-state index contributed by atoms with van der Waals surface area (Å²) in [4.78, 5) is 0. The van der Waals surface area contributed by atoms with Crippen LogP contribution in [0.1, 0.15) is 69.6 Å². The Hall–Kier alpha value is -1.76. The molecule has 0 saturated carbocycles. The molecule has 0 heterocycles. The summed E-state index contributed by atoms with van der Waals surface area (Å²) in [5.41, 5.74) is 5.80. The van der Waals surface area contributed by atoms with Crippen molar-refractivity contribution in [1.82, 2.24) is 0 Å². The van der Waals surface area contributed by atoms with Gasteiger partial charge in [-0.1, -0.05) is 87.9 Å². The highest BCUT2D eigenvalue weighted by Gasteiger charge is 2.21. The standard InChI is InChI=1S/C23H32O/c1-6-7-8-9-12-23(4,5)20-10-11-21(22(24)16-20)19-14-17(2)13-18(3)15-19/h10-11,13-16,24H,6-9,12H2,1-5H3. The van der Waals surface area contributed by atoms with Gasteiger partial charge in [-0.3, -0.25) is 0 Å². The fourth-order valence-corrected chi connectivity index (χ4v) is 3.46. The summed E-state index contributed by atoms with van der Waals surface area (Å²) in [6.07, 6.45) is 6.29. The van der Waals surface area contributed by atoms with Crippen LogP contribution >= 0.6 is 0 Å². The molecule has 0 aromatic heterocycles. The maximum absolute atomic E-state index is 10.6. The van der Waals surface area contributed by atoms with Crippen molar-refractivity contribution in [1.29, 1.82) is 0 Å². The van der Waals surface area contributed by atoms with Crippen LogP contribution in [0.4, 0.5) is 0 Å². The molecule has 0 spiro atoms. The second-order valence-electron chi connectivity index (χ2n) is 7.80. The van der Waals surface area contributed by atoms with Gasteiger partial charge >= 0.3 is 0 Å². The van der Waals surface area contributed by atoms with E-state index in [0.717, 1.165) is 17.5 Å². The summed E-state index contributed by atoms with van der Waals surface area (Å²) in [7, 11) is 0. The summed E-state index contributed by atoms with van der Waals surface area (Å²) in [6.45, 7) is 11.0. The first-order valence-electron chi connectivity index (χ1n) is 9.25. The van der Waals surface area contributed by atoms with Gasteiger partial charge < -0.3 is 5.11 Å². The SMILES string of the molecule is CCCCCCC(C)(C)c1ccc(-c2cc(C)cc(C)c2)c(O)c1. The number of unbranched alkanes of at least 4 members (excludes halogenated alkanes) is 3. The molecular weight excluding hydrogens is 292 g/mol. The summed E-state index contributed by atoms with van der Waals surface area (Å²) in [6, 6.07) is 12.7. The molecule has 0 radical (unpaired) electrons. The van der Waals surface area contributed by atoms with E-state index in [-0.39, 0.29) is 5.41 Å². The van der Waals surface area contributed by atoms with Gasteiger partial charge in [0.25, 0.3) is 0 Å². The number of phenols is 1. The molecule has 0 unspecified atom stereocenters. The van der Waals surface area contributed by atoms with Crippen LogP contribution in [0, 0.1) is 13.8 Å². The molecule has 0 aliphatic heterocycles. The number of phenolic OH excluding ortho intramolecular Hbond substituents is 1. The third-order valence-corrected chi connectivity index (χ3v) is 4.97. The van der Waals surface area contributed by atoms with Crippen molar-refractivity contribution in [3.63, 3.8) is 0 Å². The third kappa shape index (κ3) is 4.63. The van der Waals surface area contributed by atoms with Gasteiger partial charge in [-0.25, -0.2) is 0 Å². The number of hydrogen-bond donors (Lipinski definition) is 1. The molecule has 1 N–H and O–H groups in total. The van der Waals surface area contributed by atoms with Crippen LogP contribution in [0.15, 0.2) is 36.4 Å². The van der Waals surface area contributed by atoms with Gasteiger partial charge in [0.15, 0.2) is 0 Å². The van der Waals surface area contributed by atoms with E-state index >= 15 is 0 Å². The lowest BCUT2D eigenvalue weighted by atomic mass is 9.79. The monoisotopic (exact) mass is 324 g/mol. The molecule has 0 aliphatic rings. The van der Waals surface area contributed by atoms with Crippen LogP contribution in [0.2, 0.25) is 0 Å². The van der Waals surface area contributed by atoms with E-state index in [1.807, 2.05) is 6.07 Å². The first-order chi connectivity index (χ1) is 11.3. The average Bonchev–Trinajstić information content (AvgIpc) is 2.50.